The number of rotatable bonds is 2. The number of pyridine rings is 1. The van der Waals surface area contributed by atoms with Crippen molar-refractivity contribution in [3.05, 3.63) is 23.9 Å². The predicted octanol–water partition coefficient (Wildman–Crippen LogP) is 2.65. The van der Waals surface area contributed by atoms with Crippen molar-refractivity contribution in [1.29, 1.82) is 0 Å². The quantitative estimate of drug-likeness (QED) is 0.780. The van der Waals surface area contributed by atoms with E-state index in [1.54, 1.807) is 0 Å². The smallest absolute Gasteiger partial charge is 0.137 e. The lowest BCUT2D eigenvalue weighted by atomic mass is 10.1. The maximum Gasteiger partial charge on any atom is 0.137 e. The molecule has 2 aliphatic heterocycles. The van der Waals surface area contributed by atoms with Crippen molar-refractivity contribution in [2.24, 2.45) is 4.99 Å². The summed E-state index contributed by atoms with van der Waals surface area (Å²) in [6.45, 7) is 3.29. The zero-order chi connectivity index (χ0) is 11.5. The number of hydrogen-bond acceptors (Lipinski definition) is 3. The molecule has 1 saturated heterocycles. The number of aromatic nitrogens is 1. The van der Waals surface area contributed by atoms with Crippen molar-refractivity contribution >= 4 is 11.5 Å². The van der Waals surface area contributed by atoms with E-state index in [4.69, 9.17) is 0 Å². The van der Waals surface area contributed by atoms with E-state index in [2.05, 4.69) is 20.9 Å². The lowest BCUT2D eigenvalue weighted by Gasteiger charge is -2.29. The Labute approximate surface area is 103 Å². The molecule has 0 N–H and O–H groups in total. The number of nitrogens with zero attached hydrogens (tertiary/aromatic N) is 3. The van der Waals surface area contributed by atoms with Gasteiger partial charge < -0.3 is 4.90 Å². The van der Waals surface area contributed by atoms with E-state index in [1.807, 2.05) is 12.3 Å². The van der Waals surface area contributed by atoms with Crippen molar-refractivity contribution in [1.82, 2.24) is 4.98 Å². The second-order valence-electron chi connectivity index (χ2n) is 4.85. The first kappa shape index (κ1) is 10.8. The Morgan fingerprint density at radius 1 is 1.06 bits per heavy atom. The van der Waals surface area contributed by atoms with Gasteiger partial charge in [0.05, 0.1) is 0 Å². The van der Waals surface area contributed by atoms with Crippen molar-refractivity contribution in [3.8, 4) is 0 Å². The molecule has 0 aliphatic carbocycles. The molecule has 90 valence electrons. The molecule has 0 radical (unpaired) electrons. The van der Waals surface area contributed by atoms with Crippen LogP contribution in [0.1, 0.15) is 37.7 Å². The molecule has 1 aromatic heterocycles. The van der Waals surface area contributed by atoms with Gasteiger partial charge in [-0.3, -0.25) is 4.99 Å². The molecule has 1 fully saturated rings. The molecule has 17 heavy (non-hydrogen) atoms. The van der Waals surface area contributed by atoms with E-state index in [9.17, 15) is 0 Å². The summed E-state index contributed by atoms with van der Waals surface area (Å²) in [5.74, 6) is 1.16. The van der Waals surface area contributed by atoms with Gasteiger partial charge in [-0.2, -0.15) is 0 Å². The van der Waals surface area contributed by atoms with Crippen LogP contribution in [-0.2, 0) is 0 Å². The van der Waals surface area contributed by atoms with Crippen molar-refractivity contribution < 1.29 is 0 Å². The van der Waals surface area contributed by atoms with Gasteiger partial charge in [-0.15, -0.1) is 0 Å². The van der Waals surface area contributed by atoms with Gasteiger partial charge in [0.2, 0.25) is 0 Å². The third-order valence-corrected chi connectivity index (χ3v) is 3.63. The third-order valence-electron chi connectivity index (χ3n) is 3.63. The summed E-state index contributed by atoms with van der Waals surface area (Å²) in [4.78, 5) is 11.6. The van der Waals surface area contributed by atoms with E-state index in [-0.39, 0.29) is 0 Å². The topological polar surface area (TPSA) is 28.5 Å². The van der Waals surface area contributed by atoms with Crippen molar-refractivity contribution in [2.75, 3.05) is 24.5 Å². The van der Waals surface area contributed by atoms with Gasteiger partial charge in [-0.25, -0.2) is 4.98 Å². The highest BCUT2D eigenvalue weighted by Gasteiger charge is 2.19. The van der Waals surface area contributed by atoms with E-state index in [0.717, 1.165) is 31.9 Å². The molecule has 0 saturated carbocycles. The van der Waals surface area contributed by atoms with E-state index in [1.165, 1.54) is 37.0 Å². The third kappa shape index (κ3) is 2.19. The minimum absolute atomic E-state index is 0.990. The highest BCUT2D eigenvalue weighted by Crippen LogP contribution is 2.25. The fourth-order valence-electron chi connectivity index (χ4n) is 2.74. The molecule has 0 atom stereocenters. The average molecular weight is 229 g/mol. The minimum Gasteiger partial charge on any atom is -0.356 e. The first-order valence-electron chi connectivity index (χ1n) is 6.69. The maximum atomic E-state index is 4.61. The van der Waals surface area contributed by atoms with Gasteiger partial charge in [0, 0.05) is 37.1 Å². The van der Waals surface area contributed by atoms with Gasteiger partial charge in [0.25, 0.3) is 0 Å². The largest absolute Gasteiger partial charge is 0.356 e. The molecular formula is C14H19N3. The highest BCUT2D eigenvalue weighted by molar-refractivity contribution is 6.05. The highest BCUT2D eigenvalue weighted by atomic mass is 15.2. The molecule has 1 aromatic rings. The Hall–Kier alpha value is -1.38. The fourth-order valence-corrected chi connectivity index (χ4v) is 2.74. The van der Waals surface area contributed by atoms with Crippen LogP contribution in [0.3, 0.4) is 0 Å². The second-order valence-corrected chi connectivity index (χ2v) is 4.85. The SMILES string of the molecule is c1cnc(N2CCCCC2)c(C2=NCCC2)c1. The first-order chi connectivity index (χ1) is 8.45. The molecule has 3 heteroatoms. The molecular weight excluding hydrogens is 210 g/mol. The van der Waals surface area contributed by atoms with Crippen LogP contribution < -0.4 is 4.90 Å². The predicted molar refractivity (Wildman–Crippen MR) is 70.9 cm³/mol. The Morgan fingerprint density at radius 3 is 2.71 bits per heavy atom. The number of aliphatic imine (C=N–C) groups is 1. The van der Waals surface area contributed by atoms with E-state index < -0.39 is 0 Å². The number of hydrogen-bond donors (Lipinski definition) is 0. The van der Waals surface area contributed by atoms with Crippen LogP contribution in [0.4, 0.5) is 5.82 Å². The number of anilines is 1. The summed E-state index contributed by atoms with van der Waals surface area (Å²) in [5, 5.41) is 0. The Balaban J connectivity index is 1.92. The summed E-state index contributed by atoms with van der Waals surface area (Å²) in [7, 11) is 0. The van der Waals surface area contributed by atoms with E-state index >= 15 is 0 Å². The van der Waals surface area contributed by atoms with Crippen LogP contribution in [0.15, 0.2) is 23.3 Å². The monoisotopic (exact) mass is 229 g/mol. The van der Waals surface area contributed by atoms with Crippen LogP contribution >= 0.6 is 0 Å². The molecule has 2 aliphatic rings. The zero-order valence-electron chi connectivity index (χ0n) is 10.2. The van der Waals surface area contributed by atoms with Crippen molar-refractivity contribution in [3.63, 3.8) is 0 Å². The van der Waals surface area contributed by atoms with Gasteiger partial charge in [-0.1, -0.05) is 0 Å². The maximum absolute atomic E-state index is 4.61. The van der Waals surface area contributed by atoms with Gasteiger partial charge in [0.1, 0.15) is 5.82 Å². The van der Waals surface area contributed by atoms with Gasteiger partial charge in [0.15, 0.2) is 0 Å². The normalized spacial score (nSPS) is 20.5. The van der Waals surface area contributed by atoms with Gasteiger partial charge >= 0.3 is 0 Å². The Morgan fingerprint density at radius 2 is 1.94 bits per heavy atom. The molecule has 0 aromatic carbocycles. The van der Waals surface area contributed by atoms with Gasteiger partial charge in [-0.05, 0) is 44.2 Å². The molecule has 3 rings (SSSR count). The molecule has 0 amide bonds. The standard InChI is InChI=1S/C14H19N3/c1-2-10-17(11-3-1)14-12(6-4-9-16-14)13-7-5-8-15-13/h4,6,9H,1-3,5,7-8,10-11H2. The molecule has 0 spiro atoms. The summed E-state index contributed by atoms with van der Waals surface area (Å²) in [6.07, 6.45) is 8.17. The van der Waals surface area contributed by atoms with E-state index in [0.29, 0.717) is 0 Å². The fraction of sp³-hybridized carbons (Fsp3) is 0.571. The van der Waals surface area contributed by atoms with Crippen molar-refractivity contribution in [2.45, 2.75) is 32.1 Å². The molecule has 0 bridgehead atoms. The van der Waals surface area contributed by atoms with Crippen LogP contribution in [0, 0.1) is 0 Å². The number of piperidine rings is 1. The Bertz CT molecular complexity index is 419. The van der Waals surface area contributed by atoms with Crippen LogP contribution in [0.2, 0.25) is 0 Å². The second kappa shape index (κ2) is 4.86. The Kier molecular flexibility index (Phi) is 3.08. The molecule has 3 nitrogen and oxygen atoms in total. The molecule has 0 unspecified atom stereocenters. The summed E-state index contributed by atoms with van der Waals surface area (Å²) >= 11 is 0. The summed E-state index contributed by atoms with van der Waals surface area (Å²) in [5.41, 5.74) is 2.53. The van der Waals surface area contributed by atoms with Crippen LogP contribution in [0.5, 0.6) is 0 Å². The van der Waals surface area contributed by atoms with Crippen LogP contribution in [-0.4, -0.2) is 30.3 Å². The minimum atomic E-state index is 0.990. The lowest BCUT2D eigenvalue weighted by molar-refractivity contribution is 0.573. The summed E-state index contributed by atoms with van der Waals surface area (Å²) in [6, 6.07) is 4.21. The zero-order valence-corrected chi connectivity index (χ0v) is 10.2. The first-order valence-corrected chi connectivity index (χ1v) is 6.69. The molecule has 3 heterocycles. The summed E-state index contributed by atoms with van der Waals surface area (Å²) < 4.78 is 0. The lowest BCUT2D eigenvalue weighted by Crippen LogP contribution is -2.31. The van der Waals surface area contributed by atoms with Crippen LogP contribution in [0.25, 0.3) is 0 Å². The average Bonchev–Trinajstić information content (AvgIpc) is 2.94.